The minimum absolute atomic E-state index is 0.00590. The van der Waals surface area contributed by atoms with E-state index in [1.54, 1.807) is 36.4 Å². The Balaban J connectivity index is 1.51. The summed E-state index contributed by atoms with van der Waals surface area (Å²) in [5.74, 6) is 0.279. The lowest BCUT2D eigenvalue weighted by atomic mass is 10.2. The SMILES string of the molecule is O=C(NN=Cc1ccc([N+](=O)[O-])cc1)c1ccc(OCc2ccc(Br)cc2)cc1. The highest BCUT2D eigenvalue weighted by molar-refractivity contribution is 9.10. The van der Waals surface area contributed by atoms with Crippen molar-refractivity contribution < 1.29 is 14.5 Å². The third kappa shape index (κ3) is 5.98. The molecule has 0 fully saturated rings. The summed E-state index contributed by atoms with van der Waals surface area (Å²) in [4.78, 5) is 22.3. The second-order valence-electron chi connectivity index (χ2n) is 5.99. The van der Waals surface area contributed by atoms with E-state index in [4.69, 9.17) is 4.74 Å². The van der Waals surface area contributed by atoms with Crippen LogP contribution >= 0.6 is 15.9 Å². The van der Waals surface area contributed by atoms with Gasteiger partial charge in [-0.05, 0) is 59.7 Å². The van der Waals surface area contributed by atoms with Gasteiger partial charge in [-0.15, -0.1) is 0 Å². The monoisotopic (exact) mass is 453 g/mol. The van der Waals surface area contributed by atoms with Gasteiger partial charge in [-0.2, -0.15) is 5.10 Å². The Morgan fingerprint density at radius 1 is 1.03 bits per heavy atom. The molecule has 0 aliphatic heterocycles. The van der Waals surface area contributed by atoms with E-state index in [1.807, 2.05) is 24.3 Å². The van der Waals surface area contributed by atoms with Gasteiger partial charge in [-0.1, -0.05) is 28.1 Å². The van der Waals surface area contributed by atoms with E-state index in [0.717, 1.165) is 10.0 Å². The number of hydrogen-bond donors (Lipinski definition) is 1. The maximum atomic E-state index is 12.1. The normalized spacial score (nSPS) is 10.7. The molecule has 3 aromatic carbocycles. The average molecular weight is 454 g/mol. The Labute approximate surface area is 175 Å². The summed E-state index contributed by atoms with van der Waals surface area (Å²) in [6.45, 7) is 0.429. The summed E-state index contributed by atoms with van der Waals surface area (Å²) in [5, 5.41) is 14.5. The third-order valence-electron chi connectivity index (χ3n) is 3.92. The van der Waals surface area contributed by atoms with Crippen LogP contribution in [0.5, 0.6) is 5.75 Å². The Morgan fingerprint density at radius 3 is 2.31 bits per heavy atom. The number of nitro benzene ring substituents is 1. The highest BCUT2D eigenvalue weighted by Gasteiger charge is 2.05. The molecule has 0 unspecified atom stereocenters. The molecule has 0 bridgehead atoms. The van der Waals surface area contributed by atoms with E-state index in [-0.39, 0.29) is 11.6 Å². The second kappa shape index (κ2) is 9.61. The first-order valence-electron chi connectivity index (χ1n) is 8.56. The van der Waals surface area contributed by atoms with E-state index in [9.17, 15) is 14.9 Å². The van der Waals surface area contributed by atoms with Crippen molar-refractivity contribution >= 4 is 33.7 Å². The van der Waals surface area contributed by atoms with E-state index in [0.29, 0.717) is 23.5 Å². The van der Waals surface area contributed by atoms with Crippen LogP contribution in [0.4, 0.5) is 5.69 Å². The number of ether oxygens (including phenoxy) is 1. The molecule has 0 heterocycles. The lowest BCUT2D eigenvalue weighted by Gasteiger charge is -2.07. The minimum atomic E-state index is -0.477. The number of nitro groups is 1. The molecule has 1 amide bonds. The Morgan fingerprint density at radius 2 is 1.69 bits per heavy atom. The van der Waals surface area contributed by atoms with Gasteiger partial charge in [0, 0.05) is 22.2 Å². The lowest BCUT2D eigenvalue weighted by molar-refractivity contribution is -0.384. The van der Waals surface area contributed by atoms with Crippen LogP contribution in [0.3, 0.4) is 0 Å². The van der Waals surface area contributed by atoms with Crippen LogP contribution in [0, 0.1) is 10.1 Å². The van der Waals surface area contributed by atoms with Crippen LogP contribution in [-0.2, 0) is 6.61 Å². The number of rotatable bonds is 7. The number of halogens is 1. The van der Waals surface area contributed by atoms with Crippen LogP contribution in [0.15, 0.2) is 82.4 Å². The second-order valence-corrected chi connectivity index (χ2v) is 6.90. The van der Waals surface area contributed by atoms with Crippen LogP contribution in [0.25, 0.3) is 0 Å². The number of benzene rings is 3. The fraction of sp³-hybridized carbons (Fsp3) is 0.0476. The number of nitrogens with zero attached hydrogens (tertiary/aromatic N) is 2. The number of carbonyl (C=O) groups is 1. The molecule has 146 valence electrons. The number of non-ortho nitro benzene ring substituents is 1. The van der Waals surface area contributed by atoms with E-state index in [2.05, 4.69) is 26.5 Å². The molecule has 0 aromatic heterocycles. The van der Waals surface area contributed by atoms with Crippen molar-refractivity contribution in [3.8, 4) is 5.75 Å². The maximum Gasteiger partial charge on any atom is 0.271 e. The highest BCUT2D eigenvalue weighted by Crippen LogP contribution is 2.16. The molecule has 0 aliphatic carbocycles. The van der Waals surface area contributed by atoms with Crippen LogP contribution in [-0.4, -0.2) is 17.0 Å². The molecular formula is C21H16BrN3O4. The van der Waals surface area contributed by atoms with Gasteiger partial charge in [-0.25, -0.2) is 5.43 Å². The van der Waals surface area contributed by atoms with Crippen LogP contribution < -0.4 is 10.2 Å². The Bertz CT molecular complexity index is 1020. The first-order chi connectivity index (χ1) is 14.0. The molecule has 3 aromatic rings. The number of amides is 1. The topological polar surface area (TPSA) is 93.8 Å². The first-order valence-corrected chi connectivity index (χ1v) is 9.36. The maximum absolute atomic E-state index is 12.1. The van der Waals surface area contributed by atoms with E-state index >= 15 is 0 Å². The number of carbonyl (C=O) groups excluding carboxylic acids is 1. The fourth-order valence-electron chi connectivity index (χ4n) is 2.36. The molecule has 29 heavy (non-hydrogen) atoms. The summed E-state index contributed by atoms with van der Waals surface area (Å²) in [6, 6.07) is 20.4. The molecule has 0 atom stereocenters. The molecule has 8 heteroatoms. The van der Waals surface area contributed by atoms with Gasteiger partial charge >= 0.3 is 0 Å². The highest BCUT2D eigenvalue weighted by atomic mass is 79.9. The molecule has 3 rings (SSSR count). The summed E-state index contributed by atoms with van der Waals surface area (Å²) in [7, 11) is 0. The van der Waals surface area contributed by atoms with Gasteiger partial charge in [0.2, 0.25) is 0 Å². The lowest BCUT2D eigenvalue weighted by Crippen LogP contribution is -2.17. The van der Waals surface area contributed by atoms with E-state index in [1.165, 1.54) is 18.3 Å². The summed E-state index contributed by atoms with van der Waals surface area (Å²) >= 11 is 3.39. The Kier molecular flexibility index (Phi) is 6.70. The third-order valence-corrected chi connectivity index (χ3v) is 4.45. The van der Waals surface area contributed by atoms with Gasteiger partial charge in [-0.3, -0.25) is 14.9 Å². The zero-order valence-corrected chi connectivity index (χ0v) is 16.7. The molecule has 0 saturated heterocycles. The Hall–Kier alpha value is -3.52. The molecule has 0 radical (unpaired) electrons. The molecule has 7 nitrogen and oxygen atoms in total. The van der Waals surface area contributed by atoms with Crippen molar-refractivity contribution in [2.75, 3.05) is 0 Å². The summed E-state index contributed by atoms with van der Waals surface area (Å²) in [5.41, 5.74) is 4.51. The molecule has 0 aliphatic rings. The van der Waals surface area contributed by atoms with Crippen molar-refractivity contribution in [2.24, 2.45) is 5.10 Å². The minimum Gasteiger partial charge on any atom is -0.489 e. The number of nitrogens with one attached hydrogen (secondary N) is 1. The van der Waals surface area contributed by atoms with Crippen molar-refractivity contribution in [3.05, 3.63) is 104 Å². The van der Waals surface area contributed by atoms with Crippen molar-refractivity contribution in [3.63, 3.8) is 0 Å². The largest absolute Gasteiger partial charge is 0.489 e. The van der Waals surface area contributed by atoms with Crippen LogP contribution in [0.1, 0.15) is 21.5 Å². The van der Waals surface area contributed by atoms with Crippen LogP contribution in [0.2, 0.25) is 0 Å². The molecule has 1 N–H and O–H groups in total. The van der Waals surface area contributed by atoms with Crippen molar-refractivity contribution in [1.82, 2.24) is 5.43 Å². The first kappa shape index (κ1) is 20.2. The van der Waals surface area contributed by atoms with E-state index < -0.39 is 4.92 Å². The van der Waals surface area contributed by atoms with Gasteiger partial charge in [0.1, 0.15) is 12.4 Å². The van der Waals surface area contributed by atoms with Crippen molar-refractivity contribution in [2.45, 2.75) is 6.61 Å². The summed E-state index contributed by atoms with van der Waals surface area (Å²) in [6.07, 6.45) is 1.41. The predicted molar refractivity (Wildman–Crippen MR) is 113 cm³/mol. The quantitative estimate of drug-likeness (QED) is 0.318. The predicted octanol–water partition coefficient (Wildman–Crippen LogP) is 4.70. The van der Waals surface area contributed by atoms with Gasteiger partial charge < -0.3 is 4.74 Å². The van der Waals surface area contributed by atoms with Gasteiger partial charge in [0.15, 0.2) is 0 Å². The van der Waals surface area contributed by atoms with Gasteiger partial charge in [0.25, 0.3) is 11.6 Å². The standard InChI is InChI=1S/C21H16BrN3O4/c22-18-7-1-16(2-8-18)14-29-20-11-5-17(6-12-20)21(26)24-23-13-15-3-9-19(10-4-15)25(27)28/h1-13H,14H2,(H,24,26). The molecular weight excluding hydrogens is 438 g/mol. The average Bonchev–Trinajstić information content (AvgIpc) is 2.74. The molecule has 0 saturated carbocycles. The number of hydrazone groups is 1. The fourth-order valence-corrected chi connectivity index (χ4v) is 2.63. The number of hydrogen-bond acceptors (Lipinski definition) is 5. The zero-order valence-electron chi connectivity index (χ0n) is 15.1. The van der Waals surface area contributed by atoms with Gasteiger partial charge in [0.05, 0.1) is 11.1 Å². The smallest absolute Gasteiger partial charge is 0.271 e. The zero-order chi connectivity index (χ0) is 20.6. The summed E-state index contributed by atoms with van der Waals surface area (Å²) < 4.78 is 6.71. The van der Waals surface area contributed by atoms with Crippen molar-refractivity contribution in [1.29, 1.82) is 0 Å². The molecule has 0 spiro atoms.